The van der Waals surface area contributed by atoms with Crippen LogP contribution in [0.5, 0.6) is 0 Å². The molecule has 3 aromatic carbocycles. The molecule has 22 heavy (non-hydrogen) atoms. The highest BCUT2D eigenvalue weighted by Crippen LogP contribution is 2.37. The Morgan fingerprint density at radius 1 is 0.682 bits per heavy atom. The lowest BCUT2D eigenvalue weighted by Gasteiger charge is -2.25. The molecule has 0 unspecified atom stereocenters. The van der Waals surface area contributed by atoms with Crippen LogP contribution in [-0.2, 0) is 0 Å². The molecule has 0 saturated carbocycles. The molecule has 106 valence electrons. The molecule has 0 N–H and O–H groups in total. The van der Waals surface area contributed by atoms with Crippen molar-refractivity contribution in [3.63, 3.8) is 0 Å². The quantitative estimate of drug-likeness (QED) is 0.512. The molecule has 0 aliphatic carbocycles. The SMILES string of the molecule is c1ccc(N(c2ccccc2)c2cccc3nocc23)cc1. The first-order valence-corrected chi connectivity index (χ1v) is 7.17. The highest BCUT2D eigenvalue weighted by Gasteiger charge is 2.15. The summed E-state index contributed by atoms with van der Waals surface area (Å²) in [6.45, 7) is 0. The van der Waals surface area contributed by atoms with Crippen molar-refractivity contribution in [1.29, 1.82) is 0 Å². The third-order valence-corrected chi connectivity index (χ3v) is 3.65. The van der Waals surface area contributed by atoms with Crippen molar-refractivity contribution >= 4 is 28.0 Å². The minimum absolute atomic E-state index is 0.856. The van der Waals surface area contributed by atoms with Crippen LogP contribution < -0.4 is 4.90 Å². The summed E-state index contributed by atoms with van der Waals surface area (Å²) in [5.74, 6) is 0. The maximum absolute atomic E-state index is 5.15. The van der Waals surface area contributed by atoms with Crippen molar-refractivity contribution < 1.29 is 4.52 Å². The molecule has 0 amide bonds. The molecule has 1 aromatic heterocycles. The van der Waals surface area contributed by atoms with E-state index in [0.717, 1.165) is 28.0 Å². The molecular weight excluding hydrogens is 272 g/mol. The molecule has 0 atom stereocenters. The molecular formula is C19H14N2O. The van der Waals surface area contributed by atoms with E-state index >= 15 is 0 Å². The predicted octanol–water partition coefficient (Wildman–Crippen LogP) is 5.30. The summed E-state index contributed by atoms with van der Waals surface area (Å²) in [4.78, 5) is 2.21. The molecule has 0 aliphatic heterocycles. The van der Waals surface area contributed by atoms with Crippen molar-refractivity contribution in [3.05, 3.63) is 85.1 Å². The molecule has 0 saturated heterocycles. The van der Waals surface area contributed by atoms with Gasteiger partial charge in [0.25, 0.3) is 0 Å². The average molecular weight is 286 g/mol. The van der Waals surface area contributed by atoms with Gasteiger partial charge in [0.1, 0.15) is 11.8 Å². The topological polar surface area (TPSA) is 29.3 Å². The van der Waals surface area contributed by atoms with E-state index in [2.05, 4.69) is 40.4 Å². The Balaban J connectivity index is 1.97. The van der Waals surface area contributed by atoms with Crippen LogP contribution in [0.3, 0.4) is 0 Å². The van der Waals surface area contributed by atoms with E-state index in [1.54, 1.807) is 6.26 Å². The average Bonchev–Trinajstić information content (AvgIpc) is 3.07. The number of nitrogens with zero attached hydrogens (tertiary/aromatic N) is 2. The Labute approximate surface area is 128 Å². The van der Waals surface area contributed by atoms with Gasteiger partial charge in [-0.3, -0.25) is 0 Å². The maximum Gasteiger partial charge on any atom is 0.133 e. The minimum Gasteiger partial charge on any atom is -0.363 e. The predicted molar refractivity (Wildman–Crippen MR) is 88.7 cm³/mol. The number of hydrogen-bond acceptors (Lipinski definition) is 3. The number of aromatic nitrogens is 1. The van der Waals surface area contributed by atoms with Crippen LogP contribution in [0.1, 0.15) is 0 Å². The van der Waals surface area contributed by atoms with Crippen LogP contribution in [0.25, 0.3) is 10.9 Å². The summed E-state index contributed by atoms with van der Waals surface area (Å²) < 4.78 is 5.15. The molecule has 0 aliphatic rings. The lowest BCUT2D eigenvalue weighted by Crippen LogP contribution is -2.09. The summed E-state index contributed by atoms with van der Waals surface area (Å²) in [6.07, 6.45) is 1.70. The van der Waals surface area contributed by atoms with Gasteiger partial charge < -0.3 is 9.42 Å². The number of rotatable bonds is 3. The summed E-state index contributed by atoms with van der Waals surface area (Å²) >= 11 is 0. The monoisotopic (exact) mass is 286 g/mol. The van der Waals surface area contributed by atoms with E-state index in [1.807, 2.05) is 48.5 Å². The van der Waals surface area contributed by atoms with Crippen LogP contribution in [0, 0.1) is 0 Å². The zero-order valence-electron chi connectivity index (χ0n) is 11.9. The first kappa shape index (κ1) is 12.7. The van der Waals surface area contributed by atoms with Crippen molar-refractivity contribution in [2.45, 2.75) is 0 Å². The lowest BCUT2D eigenvalue weighted by atomic mass is 10.1. The van der Waals surface area contributed by atoms with Gasteiger partial charge in [-0.2, -0.15) is 0 Å². The van der Waals surface area contributed by atoms with E-state index < -0.39 is 0 Å². The Hall–Kier alpha value is -3.07. The molecule has 0 fully saturated rings. The molecule has 4 rings (SSSR count). The van der Waals surface area contributed by atoms with Gasteiger partial charge in [-0.15, -0.1) is 0 Å². The molecule has 0 bridgehead atoms. The first-order valence-electron chi connectivity index (χ1n) is 7.17. The fourth-order valence-electron chi connectivity index (χ4n) is 2.65. The van der Waals surface area contributed by atoms with E-state index in [0.29, 0.717) is 0 Å². The van der Waals surface area contributed by atoms with E-state index in [1.165, 1.54) is 0 Å². The number of fused-ring (bicyclic) bond motifs is 1. The molecule has 0 spiro atoms. The highest BCUT2D eigenvalue weighted by molar-refractivity contribution is 5.96. The Kier molecular flexibility index (Phi) is 3.09. The second-order valence-corrected chi connectivity index (χ2v) is 5.03. The van der Waals surface area contributed by atoms with Gasteiger partial charge in [-0.1, -0.05) is 47.6 Å². The summed E-state index contributed by atoms with van der Waals surface area (Å²) in [5.41, 5.74) is 4.11. The third-order valence-electron chi connectivity index (χ3n) is 3.65. The lowest BCUT2D eigenvalue weighted by molar-refractivity contribution is 0.428. The van der Waals surface area contributed by atoms with E-state index in [-0.39, 0.29) is 0 Å². The van der Waals surface area contributed by atoms with Crippen LogP contribution in [-0.4, -0.2) is 5.16 Å². The van der Waals surface area contributed by atoms with Crippen LogP contribution >= 0.6 is 0 Å². The maximum atomic E-state index is 5.15. The second-order valence-electron chi connectivity index (χ2n) is 5.03. The number of anilines is 3. The summed E-state index contributed by atoms with van der Waals surface area (Å²) in [7, 11) is 0. The van der Waals surface area contributed by atoms with E-state index in [9.17, 15) is 0 Å². The van der Waals surface area contributed by atoms with Gasteiger partial charge in [0.15, 0.2) is 0 Å². The summed E-state index contributed by atoms with van der Waals surface area (Å²) in [6, 6.07) is 26.6. The minimum atomic E-state index is 0.856. The smallest absolute Gasteiger partial charge is 0.133 e. The fraction of sp³-hybridized carbons (Fsp3) is 0. The zero-order chi connectivity index (χ0) is 14.8. The van der Waals surface area contributed by atoms with Gasteiger partial charge in [0.05, 0.1) is 11.1 Å². The second kappa shape index (κ2) is 5.37. The van der Waals surface area contributed by atoms with Crippen LogP contribution in [0.15, 0.2) is 89.6 Å². The fourth-order valence-corrected chi connectivity index (χ4v) is 2.65. The van der Waals surface area contributed by atoms with Crippen molar-refractivity contribution in [1.82, 2.24) is 5.16 Å². The van der Waals surface area contributed by atoms with Crippen molar-refractivity contribution in [3.8, 4) is 0 Å². The standard InChI is InChI=1S/C19H14N2O/c1-3-8-15(9-4-1)21(16-10-5-2-6-11-16)19-13-7-12-18-17(19)14-22-20-18/h1-14H. The molecule has 1 heterocycles. The third kappa shape index (κ3) is 2.13. The normalized spacial score (nSPS) is 10.7. The number of hydrogen-bond donors (Lipinski definition) is 0. The van der Waals surface area contributed by atoms with Gasteiger partial charge in [-0.25, -0.2) is 0 Å². The highest BCUT2D eigenvalue weighted by atomic mass is 16.5. The van der Waals surface area contributed by atoms with Crippen LogP contribution in [0.4, 0.5) is 17.1 Å². The first-order chi connectivity index (χ1) is 10.9. The van der Waals surface area contributed by atoms with Crippen LogP contribution in [0.2, 0.25) is 0 Å². The van der Waals surface area contributed by atoms with Gasteiger partial charge in [-0.05, 0) is 36.4 Å². The Morgan fingerprint density at radius 3 is 1.95 bits per heavy atom. The largest absolute Gasteiger partial charge is 0.363 e. The number of benzene rings is 3. The van der Waals surface area contributed by atoms with Crippen molar-refractivity contribution in [2.24, 2.45) is 0 Å². The van der Waals surface area contributed by atoms with E-state index in [4.69, 9.17) is 4.52 Å². The van der Waals surface area contributed by atoms with Crippen molar-refractivity contribution in [2.75, 3.05) is 4.90 Å². The number of para-hydroxylation sites is 2. The van der Waals surface area contributed by atoms with Gasteiger partial charge >= 0.3 is 0 Å². The zero-order valence-corrected chi connectivity index (χ0v) is 11.9. The van der Waals surface area contributed by atoms with Gasteiger partial charge in [0.2, 0.25) is 0 Å². The Morgan fingerprint density at radius 2 is 1.32 bits per heavy atom. The molecule has 4 aromatic rings. The molecule has 3 nitrogen and oxygen atoms in total. The molecule has 3 heteroatoms. The van der Waals surface area contributed by atoms with Gasteiger partial charge in [0, 0.05) is 11.4 Å². The Bertz CT molecular complexity index is 845. The summed E-state index contributed by atoms with van der Waals surface area (Å²) in [5, 5.41) is 5.04. The molecule has 0 radical (unpaired) electrons.